The summed E-state index contributed by atoms with van der Waals surface area (Å²) in [4.78, 5) is 23.8. The van der Waals surface area contributed by atoms with Crippen LogP contribution >= 0.6 is 0 Å². The van der Waals surface area contributed by atoms with Gasteiger partial charge in [-0.25, -0.2) is 4.79 Å². The first kappa shape index (κ1) is 19.8. The van der Waals surface area contributed by atoms with Gasteiger partial charge in [0, 0.05) is 18.2 Å². The molecule has 0 saturated heterocycles. The Kier molecular flexibility index (Phi) is 7.51. The second kappa shape index (κ2) is 9.85. The van der Waals surface area contributed by atoms with E-state index in [2.05, 4.69) is 12.2 Å². The lowest BCUT2D eigenvalue weighted by Crippen LogP contribution is -2.42. The maximum Gasteiger partial charge on any atom is 0.331 e. The summed E-state index contributed by atoms with van der Waals surface area (Å²) in [6.07, 6.45) is 7.32. The lowest BCUT2D eigenvalue weighted by Gasteiger charge is -2.29. The highest BCUT2D eigenvalue weighted by Gasteiger charge is 2.22. The summed E-state index contributed by atoms with van der Waals surface area (Å²) in [5, 5.41) is 2.95. The molecule has 142 valence electrons. The fourth-order valence-corrected chi connectivity index (χ4v) is 3.05. The predicted molar refractivity (Wildman–Crippen MR) is 99.1 cm³/mol. The van der Waals surface area contributed by atoms with Gasteiger partial charge in [0.05, 0.1) is 14.2 Å². The topological polar surface area (TPSA) is 73.9 Å². The standard InChI is InChI=1S/C20H27NO5/c1-14-6-4-5-7-18(14)21-19(22)13-26-20(23)9-8-15-10-16(24-2)12-17(11-15)25-3/h8-12,14,18H,4-7,13H2,1-3H3,(H,21,22)/b9-8+/t14-,18+/m1/s1. The van der Waals surface area contributed by atoms with Gasteiger partial charge in [-0.2, -0.15) is 0 Å². The second-order valence-corrected chi connectivity index (χ2v) is 6.52. The molecule has 1 N–H and O–H groups in total. The van der Waals surface area contributed by atoms with Crippen molar-refractivity contribution in [3.63, 3.8) is 0 Å². The lowest BCUT2D eigenvalue weighted by atomic mass is 9.86. The summed E-state index contributed by atoms with van der Waals surface area (Å²) < 4.78 is 15.4. The molecule has 1 aliphatic rings. The van der Waals surface area contributed by atoms with E-state index in [1.54, 1.807) is 38.5 Å². The molecule has 0 heterocycles. The highest BCUT2D eigenvalue weighted by Crippen LogP contribution is 2.24. The lowest BCUT2D eigenvalue weighted by molar-refractivity contribution is -0.144. The van der Waals surface area contributed by atoms with E-state index in [1.807, 2.05) is 0 Å². The number of esters is 1. The van der Waals surface area contributed by atoms with Crippen molar-refractivity contribution >= 4 is 18.0 Å². The van der Waals surface area contributed by atoms with E-state index in [-0.39, 0.29) is 18.6 Å². The van der Waals surface area contributed by atoms with Gasteiger partial charge < -0.3 is 19.5 Å². The van der Waals surface area contributed by atoms with Crippen LogP contribution < -0.4 is 14.8 Å². The number of hydrogen-bond donors (Lipinski definition) is 1. The van der Waals surface area contributed by atoms with Crippen molar-refractivity contribution in [2.24, 2.45) is 5.92 Å². The number of amides is 1. The number of rotatable bonds is 7. The van der Waals surface area contributed by atoms with Gasteiger partial charge in [-0.05, 0) is 42.5 Å². The third-order valence-corrected chi connectivity index (χ3v) is 4.59. The van der Waals surface area contributed by atoms with Gasteiger partial charge in [0.2, 0.25) is 0 Å². The number of carbonyl (C=O) groups is 2. The molecular weight excluding hydrogens is 334 g/mol. The summed E-state index contributed by atoms with van der Waals surface area (Å²) >= 11 is 0. The largest absolute Gasteiger partial charge is 0.497 e. The van der Waals surface area contributed by atoms with Crippen LogP contribution in [0.2, 0.25) is 0 Å². The van der Waals surface area contributed by atoms with E-state index >= 15 is 0 Å². The van der Waals surface area contributed by atoms with Gasteiger partial charge in [-0.1, -0.05) is 19.8 Å². The third-order valence-electron chi connectivity index (χ3n) is 4.59. The van der Waals surface area contributed by atoms with Crippen LogP contribution in [0.5, 0.6) is 11.5 Å². The minimum atomic E-state index is -0.571. The molecule has 6 nitrogen and oxygen atoms in total. The van der Waals surface area contributed by atoms with Crippen LogP contribution in [0, 0.1) is 5.92 Å². The van der Waals surface area contributed by atoms with Crippen molar-refractivity contribution in [1.82, 2.24) is 5.32 Å². The van der Waals surface area contributed by atoms with Crippen molar-refractivity contribution in [3.05, 3.63) is 29.8 Å². The molecular formula is C20H27NO5. The van der Waals surface area contributed by atoms with E-state index in [4.69, 9.17) is 14.2 Å². The van der Waals surface area contributed by atoms with E-state index in [0.29, 0.717) is 17.4 Å². The summed E-state index contributed by atoms with van der Waals surface area (Å²) in [5.41, 5.74) is 0.735. The average molecular weight is 361 g/mol. The molecule has 0 aliphatic heterocycles. The number of nitrogens with one attached hydrogen (secondary N) is 1. The molecule has 1 aliphatic carbocycles. The summed E-state index contributed by atoms with van der Waals surface area (Å²) in [7, 11) is 3.12. The number of hydrogen-bond acceptors (Lipinski definition) is 5. The van der Waals surface area contributed by atoms with Crippen LogP contribution in [-0.4, -0.2) is 38.7 Å². The van der Waals surface area contributed by atoms with Gasteiger partial charge in [-0.15, -0.1) is 0 Å². The van der Waals surface area contributed by atoms with Gasteiger partial charge in [0.15, 0.2) is 6.61 Å². The van der Waals surface area contributed by atoms with Gasteiger partial charge in [-0.3, -0.25) is 4.79 Å². The average Bonchev–Trinajstić information content (AvgIpc) is 2.66. The van der Waals surface area contributed by atoms with E-state index in [0.717, 1.165) is 24.8 Å². The number of benzene rings is 1. The molecule has 2 atom stereocenters. The van der Waals surface area contributed by atoms with Crippen molar-refractivity contribution in [2.75, 3.05) is 20.8 Å². The van der Waals surface area contributed by atoms with E-state index in [9.17, 15) is 9.59 Å². The Bertz CT molecular complexity index is 633. The maximum absolute atomic E-state index is 12.0. The highest BCUT2D eigenvalue weighted by molar-refractivity contribution is 5.89. The molecule has 6 heteroatoms. The van der Waals surface area contributed by atoms with Crippen molar-refractivity contribution in [2.45, 2.75) is 38.6 Å². The Morgan fingerprint density at radius 2 is 1.77 bits per heavy atom. The number of carbonyl (C=O) groups excluding carboxylic acids is 2. The first-order valence-electron chi connectivity index (χ1n) is 8.89. The summed E-state index contributed by atoms with van der Waals surface area (Å²) in [6, 6.07) is 5.45. The zero-order chi connectivity index (χ0) is 18.9. The Balaban J connectivity index is 1.82. The molecule has 0 bridgehead atoms. The quantitative estimate of drug-likeness (QED) is 0.597. The van der Waals surface area contributed by atoms with Crippen molar-refractivity contribution in [3.8, 4) is 11.5 Å². The van der Waals surface area contributed by atoms with Crippen LogP contribution in [-0.2, 0) is 14.3 Å². The third kappa shape index (κ3) is 6.10. The van der Waals surface area contributed by atoms with Gasteiger partial charge >= 0.3 is 5.97 Å². The van der Waals surface area contributed by atoms with Crippen LogP contribution in [0.3, 0.4) is 0 Å². The summed E-state index contributed by atoms with van der Waals surface area (Å²) in [6.45, 7) is 1.87. The molecule has 2 rings (SSSR count). The normalized spacial score (nSPS) is 19.8. The fourth-order valence-electron chi connectivity index (χ4n) is 3.05. The first-order chi connectivity index (χ1) is 12.5. The Hall–Kier alpha value is -2.50. The second-order valence-electron chi connectivity index (χ2n) is 6.52. The minimum absolute atomic E-state index is 0.176. The number of methoxy groups -OCH3 is 2. The smallest absolute Gasteiger partial charge is 0.331 e. The maximum atomic E-state index is 12.0. The van der Waals surface area contributed by atoms with E-state index in [1.165, 1.54) is 12.5 Å². The molecule has 0 radical (unpaired) electrons. The molecule has 1 saturated carbocycles. The highest BCUT2D eigenvalue weighted by atomic mass is 16.5. The fraction of sp³-hybridized carbons (Fsp3) is 0.500. The van der Waals surface area contributed by atoms with Crippen LogP contribution in [0.25, 0.3) is 6.08 Å². The first-order valence-corrected chi connectivity index (χ1v) is 8.89. The molecule has 1 fully saturated rings. The van der Waals surface area contributed by atoms with Crippen LogP contribution in [0.1, 0.15) is 38.2 Å². The van der Waals surface area contributed by atoms with Crippen molar-refractivity contribution < 1.29 is 23.8 Å². The molecule has 0 unspecified atom stereocenters. The molecule has 0 spiro atoms. The van der Waals surface area contributed by atoms with Crippen molar-refractivity contribution in [1.29, 1.82) is 0 Å². The zero-order valence-electron chi connectivity index (χ0n) is 15.6. The predicted octanol–water partition coefficient (Wildman–Crippen LogP) is 2.96. The Labute approximate surface area is 154 Å². The Morgan fingerprint density at radius 3 is 2.38 bits per heavy atom. The number of ether oxygens (including phenoxy) is 3. The minimum Gasteiger partial charge on any atom is -0.497 e. The van der Waals surface area contributed by atoms with Crippen LogP contribution in [0.15, 0.2) is 24.3 Å². The molecule has 1 aromatic carbocycles. The van der Waals surface area contributed by atoms with E-state index < -0.39 is 5.97 Å². The van der Waals surface area contributed by atoms with Crippen LogP contribution in [0.4, 0.5) is 0 Å². The van der Waals surface area contributed by atoms with Gasteiger partial charge in [0.1, 0.15) is 11.5 Å². The Morgan fingerprint density at radius 1 is 1.12 bits per heavy atom. The monoisotopic (exact) mass is 361 g/mol. The summed E-state index contributed by atoms with van der Waals surface area (Å²) in [5.74, 6) is 0.884. The zero-order valence-corrected chi connectivity index (χ0v) is 15.6. The molecule has 1 amide bonds. The SMILES string of the molecule is COc1cc(/C=C/C(=O)OCC(=O)N[C@H]2CCCC[C@H]2C)cc(OC)c1. The van der Waals surface area contributed by atoms with Gasteiger partial charge in [0.25, 0.3) is 5.91 Å². The molecule has 1 aromatic rings. The molecule has 26 heavy (non-hydrogen) atoms. The molecule has 0 aromatic heterocycles.